The van der Waals surface area contributed by atoms with Crippen LogP contribution >= 0.6 is 11.3 Å². The number of hydrogen-bond acceptors (Lipinski definition) is 7. The van der Waals surface area contributed by atoms with E-state index in [0.29, 0.717) is 69.9 Å². The van der Waals surface area contributed by atoms with Crippen LogP contribution in [0.5, 0.6) is 5.75 Å². The lowest BCUT2D eigenvalue weighted by Crippen LogP contribution is -2.40. The number of pyridine rings is 1. The zero-order valence-electron chi connectivity index (χ0n) is 27.5. The van der Waals surface area contributed by atoms with Gasteiger partial charge in [-0.05, 0) is 49.1 Å². The number of carbonyl (C=O) groups excluding carboxylic acids is 2. The quantitative estimate of drug-likeness (QED) is 0.121. The molecule has 0 aliphatic carbocycles. The summed E-state index contributed by atoms with van der Waals surface area (Å²) in [5, 5.41) is 7.48. The largest absolute Gasteiger partial charge is 0.490 e. The van der Waals surface area contributed by atoms with Crippen molar-refractivity contribution in [2.24, 2.45) is 0 Å². The van der Waals surface area contributed by atoms with Crippen LogP contribution in [0.25, 0.3) is 43.9 Å². The van der Waals surface area contributed by atoms with E-state index in [1.54, 1.807) is 29.2 Å². The third kappa shape index (κ3) is 6.04. The second kappa shape index (κ2) is 13.7. The summed E-state index contributed by atoms with van der Waals surface area (Å²) in [6, 6.07) is 12.3. The normalized spacial score (nSPS) is 17.3. The van der Waals surface area contributed by atoms with Crippen molar-refractivity contribution in [3.8, 4) is 39.5 Å². The lowest BCUT2D eigenvalue weighted by molar-refractivity contribution is -0.129. The van der Waals surface area contributed by atoms with E-state index in [0.717, 1.165) is 17.8 Å². The van der Waals surface area contributed by atoms with Crippen molar-refractivity contribution < 1.29 is 32.2 Å². The number of aromatic nitrogens is 3. The van der Waals surface area contributed by atoms with Crippen LogP contribution in [-0.2, 0) is 16.1 Å². The minimum Gasteiger partial charge on any atom is -0.490 e. The first-order valence-electron chi connectivity index (χ1n) is 16.3. The Labute approximate surface area is 290 Å². The number of ether oxygens (including phenoxy) is 2. The van der Waals surface area contributed by atoms with Crippen LogP contribution in [-0.4, -0.2) is 82.5 Å². The summed E-state index contributed by atoms with van der Waals surface area (Å²) in [5.41, 5.74) is 3.63. The van der Waals surface area contributed by atoms with E-state index in [4.69, 9.17) is 19.6 Å². The highest BCUT2D eigenvalue weighted by Gasteiger charge is 2.32. The highest BCUT2D eigenvalue weighted by molar-refractivity contribution is 7.18. The minimum atomic E-state index is -1.02. The molecule has 2 amide bonds. The number of carbonyl (C=O) groups is 2. The number of methoxy groups -OCH3 is 1. The molecule has 5 aromatic rings. The standard InChI is InChI=1S/C37H34F3N5O4S/c1-4-31(46)44-12-13-45-29(21(44)2)19-28(42-45)35-33(32-27(40)17-25(39)18-30(32)49-15-14-48-3)36-26(10-16-50-36)34(41-35)22-5-7-23(8-6-22)37(47)43-11-9-24(38)20-43/h4-8,10,16-19,21,24H,1,9,11-15,20H2,2-3H3/t21-,24+/m1/s1. The third-order valence-corrected chi connectivity index (χ3v) is 10.1. The van der Waals surface area contributed by atoms with Gasteiger partial charge in [-0.1, -0.05) is 18.7 Å². The van der Waals surface area contributed by atoms with Gasteiger partial charge in [0.25, 0.3) is 5.91 Å². The van der Waals surface area contributed by atoms with Gasteiger partial charge in [-0.3, -0.25) is 14.3 Å². The number of likely N-dealkylation sites (tertiary alicyclic amines) is 1. The maximum atomic E-state index is 16.1. The number of rotatable bonds is 9. The summed E-state index contributed by atoms with van der Waals surface area (Å²) in [4.78, 5) is 34.0. The first-order valence-corrected chi connectivity index (χ1v) is 17.1. The van der Waals surface area contributed by atoms with Crippen LogP contribution in [0.4, 0.5) is 13.2 Å². The molecule has 2 aliphatic heterocycles. The number of amides is 2. The Balaban J connectivity index is 1.41. The molecule has 7 rings (SSSR count). The second-order valence-electron chi connectivity index (χ2n) is 12.3. The number of alkyl halides is 1. The highest BCUT2D eigenvalue weighted by atomic mass is 32.1. The van der Waals surface area contributed by atoms with E-state index in [2.05, 4.69) is 6.58 Å². The summed E-state index contributed by atoms with van der Waals surface area (Å²) in [7, 11) is 1.51. The van der Waals surface area contributed by atoms with Gasteiger partial charge in [-0.2, -0.15) is 5.10 Å². The molecule has 0 saturated carbocycles. The predicted molar refractivity (Wildman–Crippen MR) is 185 cm³/mol. The highest BCUT2D eigenvalue weighted by Crippen LogP contribution is 2.47. The molecule has 258 valence electrons. The van der Waals surface area contributed by atoms with E-state index in [1.807, 2.05) is 29.1 Å². The summed E-state index contributed by atoms with van der Waals surface area (Å²) in [5.74, 6) is -2.07. The molecule has 0 radical (unpaired) electrons. The van der Waals surface area contributed by atoms with Crippen molar-refractivity contribution in [1.82, 2.24) is 24.6 Å². The summed E-state index contributed by atoms with van der Waals surface area (Å²) in [6.07, 6.45) is 0.584. The smallest absolute Gasteiger partial charge is 0.253 e. The third-order valence-electron chi connectivity index (χ3n) is 9.20. The van der Waals surface area contributed by atoms with E-state index < -0.39 is 17.8 Å². The van der Waals surface area contributed by atoms with Gasteiger partial charge in [0.15, 0.2) is 0 Å². The topological polar surface area (TPSA) is 89.8 Å². The average Bonchev–Trinajstić information content (AvgIpc) is 3.88. The molecule has 2 atom stereocenters. The minimum absolute atomic E-state index is 0.00885. The lowest BCUT2D eigenvalue weighted by atomic mass is 9.96. The van der Waals surface area contributed by atoms with Gasteiger partial charge < -0.3 is 19.3 Å². The molecule has 2 aliphatic rings. The van der Waals surface area contributed by atoms with Crippen molar-refractivity contribution in [2.75, 3.05) is 40.0 Å². The molecular formula is C37H34F3N5O4S. The van der Waals surface area contributed by atoms with Crippen LogP contribution in [0, 0.1) is 11.6 Å². The summed E-state index contributed by atoms with van der Waals surface area (Å²) in [6.45, 7) is 7.09. The van der Waals surface area contributed by atoms with Gasteiger partial charge in [-0.25, -0.2) is 18.2 Å². The van der Waals surface area contributed by atoms with Crippen molar-refractivity contribution in [3.63, 3.8) is 0 Å². The molecule has 0 unspecified atom stereocenters. The summed E-state index contributed by atoms with van der Waals surface area (Å²) < 4.78 is 58.1. The molecule has 0 bridgehead atoms. The number of hydrogen-bond donors (Lipinski definition) is 0. The van der Waals surface area contributed by atoms with Crippen LogP contribution in [0.3, 0.4) is 0 Å². The molecule has 3 aromatic heterocycles. The fraction of sp³-hybridized carbons (Fsp3) is 0.297. The van der Waals surface area contributed by atoms with E-state index >= 15 is 4.39 Å². The Morgan fingerprint density at radius 1 is 1.04 bits per heavy atom. The number of halogens is 3. The van der Waals surface area contributed by atoms with Gasteiger partial charge in [-0.15, -0.1) is 11.3 Å². The molecule has 0 N–H and O–H groups in total. The van der Waals surface area contributed by atoms with Crippen molar-refractivity contribution in [1.29, 1.82) is 0 Å². The number of fused-ring (bicyclic) bond motifs is 2. The lowest BCUT2D eigenvalue weighted by Gasteiger charge is -2.33. The number of benzene rings is 2. The maximum absolute atomic E-state index is 16.1. The average molecular weight is 702 g/mol. The fourth-order valence-corrected chi connectivity index (χ4v) is 7.64. The monoisotopic (exact) mass is 701 g/mol. The first-order chi connectivity index (χ1) is 24.2. The zero-order chi connectivity index (χ0) is 35.1. The van der Waals surface area contributed by atoms with Gasteiger partial charge in [0.05, 0.1) is 42.7 Å². The van der Waals surface area contributed by atoms with Gasteiger partial charge in [0.2, 0.25) is 5.91 Å². The Kier molecular flexibility index (Phi) is 9.19. The van der Waals surface area contributed by atoms with Crippen molar-refractivity contribution in [2.45, 2.75) is 32.1 Å². The van der Waals surface area contributed by atoms with Crippen LogP contribution < -0.4 is 4.74 Å². The second-order valence-corrected chi connectivity index (χ2v) is 13.2. The molecule has 2 aromatic carbocycles. The van der Waals surface area contributed by atoms with Gasteiger partial charge >= 0.3 is 0 Å². The van der Waals surface area contributed by atoms with E-state index in [9.17, 15) is 18.4 Å². The summed E-state index contributed by atoms with van der Waals surface area (Å²) >= 11 is 1.37. The molecular weight excluding hydrogens is 667 g/mol. The first kappa shape index (κ1) is 33.5. The number of nitrogens with zero attached hydrogens (tertiary/aromatic N) is 5. The zero-order valence-corrected chi connectivity index (χ0v) is 28.3. The molecule has 1 fully saturated rings. The maximum Gasteiger partial charge on any atom is 0.253 e. The Morgan fingerprint density at radius 3 is 2.56 bits per heavy atom. The molecule has 1 saturated heterocycles. The fourth-order valence-electron chi connectivity index (χ4n) is 6.70. The molecule has 0 spiro atoms. The predicted octanol–water partition coefficient (Wildman–Crippen LogP) is 7.07. The van der Waals surface area contributed by atoms with Crippen molar-refractivity contribution in [3.05, 3.63) is 89.5 Å². The van der Waals surface area contributed by atoms with Gasteiger partial charge in [0, 0.05) is 59.1 Å². The Bertz CT molecular complexity index is 2110. The van der Waals surface area contributed by atoms with E-state index in [-0.39, 0.29) is 48.9 Å². The van der Waals surface area contributed by atoms with Gasteiger partial charge in [0.1, 0.15) is 41.6 Å². The van der Waals surface area contributed by atoms with Crippen LogP contribution in [0.1, 0.15) is 35.4 Å². The molecule has 9 nitrogen and oxygen atoms in total. The molecule has 50 heavy (non-hydrogen) atoms. The molecule has 13 heteroatoms. The van der Waals surface area contributed by atoms with Crippen molar-refractivity contribution >= 4 is 33.2 Å². The molecule has 5 heterocycles. The van der Waals surface area contributed by atoms with Crippen LogP contribution in [0.2, 0.25) is 0 Å². The Morgan fingerprint density at radius 2 is 1.84 bits per heavy atom. The SMILES string of the molecule is C=CC(=O)N1CCn2nc(-c3nc(-c4ccc(C(=O)N5CC[C@H](F)C5)cc4)c4ccsc4c3-c3c(F)cc(F)cc3OCCOC)cc2[C@H]1C. The van der Waals surface area contributed by atoms with Crippen LogP contribution in [0.15, 0.2) is 66.6 Å². The van der Waals surface area contributed by atoms with E-state index in [1.165, 1.54) is 29.4 Å². The Hall–Kier alpha value is -5.01. The number of thiophene rings is 1.